The van der Waals surface area contributed by atoms with Crippen molar-refractivity contribution in [3.63, 3.8) is 0 Å². The van der Waals surface area contributed by atoms with E-state index in [9.17, 15) is 8.42 Å². The standard InChI is InChI=1S/C15H20N2O2S/c1-11-8-14(9-11)17-20(18,19)15-10-13(4-3-7-16)6-5-12(15)2/h5-6,10-11,14,17H,7-9,16H2,1-2H3. The van der Waals surface area contributed by atoms with E-state index in [4.69, 9.17) is 5.73 Å². The van der Waals surface area contributed by atoms with E-state index in [1.54, 1.807) is 19.1 Å². The molecule has 0 bridgehead atoms. The third-order valence-electron chi connectivity index (χ3n) is 3.51. The summed E-state index contributed by atoms with van der Waals surface area (Å²) in [5, 5.41) is 0. The lowest BCUT2D eigenvalue weighted by molar-refractivity contribution is 0.270. The van der Waals surface area contributed by atoms with Crippen molar-refractivity contribution in [1.29, 1.82) is 0 Å². The topological polar surface area (TPSA) is 72.2 Å². The van der Waals surface area contributed by atoms with E-state index in [2.05, 4.69) is 23.5 Å². The average molecular weight is 292 g/mol. The molecule has 0 heterocycles. The minimum Gasteiger partial charge on any atom is -0.320 e. The minimum atomic E-state index is -3.47. The van der Waals surface area contributed by atoms with Gasteiger partial charge in [0, 0.05) is 11.6 Å². The van der Waals surface area contributed by atoms with Gasteiger partial charge in [-0.1, -0.05) is 24.8 Å². The molecule has 0 aromatic heterocycles. The van der Waals surface area contributed by atoms with Crippen LogP contribution in [-0.4, -0.2) is 21.0 Å². The van der Waals surface area contributed by atoms with E-state index in [-0.39, 0.29) is 12.6 Å². The van der Waals surface area contributed by atoms with Gasteiger partial charge in [-0.25, -0.2) is 13.1 Å². The van der Waals surface area contributed by atoms with E-state index < -0.39 is 10.0 Å². The van der Waals surface area contributed by atoms with Crippen LogP contribution in [-0.2, 0) is 10.0 Å². The maximum absolute atomic E-state index is 12.4. The van der Waals surface area contributed by atoms with Gasteiger partial charge in [-0.05, 0) is 43.4 Å². The molecule has 1 saturated carbocycles. The predicted molar refractivity (Wildman–Crippen MR) is 79.6 cm³/mol. The Kier molecular flexibility index (Phi) is 4.48. The van der Waals surface area contributed by atoms with Crippen molar-refractivity contribution in [2.75, 3.05) is 6.54 Å². The Morgan fingerprint density at radius 2 is 2.10 bits per heavy atom. The lowest BCUT2D eigenvalue weighted by Gasteiger charge is -2.33. The van der Waals surface area contributed by atoms with Crippen LogP contribution in [0.2, 0.25) is 0 Å². The number of nitrogens with two attached hydrogens (primary N) is 1. The van der Waals surface area contributed by atoms with Crippen LogP contribution in [0.3, 0.4) is 0 Å². The second-order valence-corrected chi connectivity index (χ2v) is 7.06. The molecular formula is C15H20N2O2S. The summed E-state index contributed by atoms with van der Waals surface area (Å²) < 4.78 is 27.6. The number of hydrogen-bond acceptors (Lipinski definition) is 3. The largest absolute Gasteiger partial charge is 0.320 e. The summed E-state index contributed by atoms with van der Waals surface area (Å²) in [6, 6.07) is 5.26. The third kappa shape index (κ3) is 3.40. The molecule has 1 aromatic rings. The zero-order chi connectivity index (χ0) is 14.8. The van der Waals surface area contributed by atoms with Crippen LogP contribution in [0.5, 0.6) is 0 Å². The first-order valence-corrected chi connectivity index (χ1v) is 8.22. The van der Waals surface area contributed by atoms with Crippen LogP contribution in [0.4, 0.5) is 0 Å². The molecule has 108 valence electrons. The second-order valence-electron chi connectivity index (χ2n) is 5.38. The lowest BCUT2D eigenvalue weighted by Crippen LogP contribution is -2.43. The molecule has 0 atom stereocenters. The average Bonchev–Trinajstić information content (AvgIpc) is 2.35. The summed E-state index contributed by atoms with van der Waals surface area (Å²) in [7, 11) is -3.47. The van der Waals surface area contributed by atoms with E-state index >= 15 is 0 Å². The zero-order valence-corrected chi connectivity index (χ0v) is 12.6. The molecule has 5 heteroatoms. The van der Waals surface area contributed by atoms with Crippen LogP contribution < -0.4 is 10.5 Å². The van der Waals surface area contributed by atoms with Crippen LogP contribution >= 0.6 is 0 Å². The van der Waals surface area contributed by atoms with Crippen LogP contribution in [0.1, 0.15) is 30.9 Å². The first-order chi connectivity index (χ1) is 9.42. The molecule has 1 aliphatic carbocycles. The highest BCUT2D eigenvalue weighted by Gasteiger charge is 2.30. The normalized spacial score (nSPS) is 21.8. The van der Waals surface area contributed by atoms with Crippen molar-refractivity contribution in [2.45, 2.75) is 37.6 Å². The zero-order valence-electron chi connectivity index (χ0n) is 11.8. The van der Waals surface area contributed by atoms with E-state index in [0.29, 0.717) is 16.4 Å². The SMILES string of the molecule is Cc1ccc(C#CCN)cc1S(=O)(=O)NC1CC(C)C1. The van der Waals surface area contributed by atoms with Gasteiger partial charge in [0.2, 0.25) is 10.0 Å². The van der Waals surface area contributed by atoms with Crippen LogP contribution in [0.15, 0.2) is 23.1 Å². The van der Waals surface area contributed by atoms with Gasteiger partial charge < -0.3 is 5.73 Å². The summed E-state index contributed by atoms with van der Waals surface area (Å²) in [5.41, 5.74) is 6.73. The number of aryl methyl sites for hydroxylation is 1. The van der Waals surface area contributed by atoms with Crippen molar-refractivity contribution < 1.29 is 8.42 Å². The highest BCUT2D eigenvalue weighted by molar-refractivity contribution is 7.89. The molecule has 4 nitrogen and oxygen atoms in total. The fourth-order valence-corrected chi connectivity index (χ4v) is 3.93. The Morgan fingerprint density at radius 3 is 2.70 bits per heavy atom. The first kappa shape index (κ1) is 15.0. The molecule has 1 aromatic carbocycles. The van der Waals surface area contributed by atoms with Crippen molar-refractivity contribution in [1.82, 2.24) is 4.72 Å². The molecular weight excluding hydrogens is 272 g/mol. The van der Waals surface area contributed by atoms with Crippen molar-refractivity contribution in [3.05, 3.63) is 29.3 Å². The van der Waals surface area contributed by atoms with Crippen LogP contribution in [0.25, 0.3) is 0 Å². The van der Waals surface area contributed by atoms with Crippen LogP contribution in [0, 0.1) is 24.7 Å². The molecule has 0 unspecified atom stereocenters. The summed E-state index contributed by atoms with van der Waals surface area (Å²) in [6.45, 7) is 4.17. The molecule has 3 N–H and O–H groups in total. The van der Waals surface area contributed by atoms with Crippen molar-refractivity contribution in [2.24, 2.45) is 11.7 Å². The molecule has 20 heavy (non-hydrogen) atoms. The van der Waals surface area contributed by atoms with E-state index in [1.165, 1.54) is 0 Å². The van der Waals surface area contributed by atoms with Gasteiger partial charge in [0.15, 0.2) is 0 Å². The van der Waals surface area contributed by atoms with Gasteiger partial charge in [0.25, 0.3) is 0 Å². The highest BCUT2D eigenvalue weighted by atomic mass is 32.2. The number of rotatable bonds is 3. The molecule has 0 spiro atoms. The van der Waals surface area contributed by atoms with Crippen molar-refractivity contribution in [3.8, 4) is 11.8 Å². The quantitative estimate of drug-likeness (QED) is 0.827. The Bertz CT molecular complexity index is 650. The van der Waals surface area contributed by atoms with Gasteiger partial charge >= 0.3 is 0 Å². The van der Waals surface area contributed by atoms with E-state index in [1.807, 2.05) is 6.07 Å². The molecule has 1 fully saturated rings. The molecule has 0 amide bonds. The van der Waals surface area contributed by atoms with Gasteiger partial charge in [-0.15, -0.1) is 0 Å². The predicted octanol–water partition coefficient (Wildman–Crippen LogP) is 1.38. The third-order valence-corrected chi connectivity index (χ3v) is 5.17. The monoisotopic (exact) mass is 292 g/mol. The summed E-state index contributed by atoms with van der Waals surface area (Å²) in [4.78, 5) is 0.306. The van der Waals surface area contributed by atoms with Crippen molar-refractivity contribution >= 4 is 10.0 Å². The Labute approximate surface area is 120 Å². The summed E-state index contributed by atoms with van der Waals surface area (Å²) in [6.07, 6.45) is 1.82. The fourth-order valence-electron chi connectivity index (χ4n) is 2.40. The van der Waals surface area contributed by atoms with Gasteiger partial charge in [-0.3, -0.25) is 0 Å². The Morgan fingerprint density at radius 1 is 1.40 bits per heavy atom. The Balaban J connectivity index is 2.25. The molecule has 0 saturated heterocycles. The summed E-state index contributed by atoms with van der Waals surface area (Å²) in [5.74, 6) is 6.20. The smallest absolute Gasteiger partial charge is 0.241 e. The van der Waals surface area contributed by atoms with Gasteiger partial charge in [-0.2, -0.15) is 0 Å². The highest BCUT2D eigenvalue weighted by Crippen LogP contribution is 2.28. The minimum absolute atomic E-state index is 0.0631. The van der Waals surface area contributed by atoms with E-state index in [0.717, 1.165) is 18.4 Å². The first-order valence-electron chi connectivity index (χ1n) is 6.74. The lowest BCUT2D eigenvalue weighted by atomic mass is 9.83. The second kappa shape index (κ2) is 5.96. The summed E-state index contributed by atoms with van der Waals surface area (Å²) >= 11 is 0. The maximum atomic E-state index is 12.4. The van der Waals surface area contributed by atoms with Gasteiger partial charge in [0.05, 0.1) is 11.4 Å². The number of nitrogens with one attached hydrogen (secondary N) is 1. The Hall–Kier alpha value is -1.35. The maximum Gasteiger partial charge on any atom is 0.241 e. The number of benzene rings is 1. The molecule has 0 radical (unpaired) electrons. The number of sulfonamides is 1. The molecule has 0 aliphatic heterocycles. The molecule has 2 rings (SSSR count). The molecule has 1 aliphatic rings. The van der Waals surface area contributed by atoms with Gasteiger partial charge in [0.1, 0.15) is 0 Å². The fraction of sp³-hybridized carbons (Fsp3) is 0.467. The number of hydrogen-bond donors (Lipinski definition) is 2.